The molecule has 0 spiro atoms. The van der Waals surface area contributed by atoms with Crippen LogP contribution < -0.4 is 15.4 Å². The van der Waals surface area contributed by atoms with E-state index in [0.717, 1.165) is 31.6 Å². The largest absolute Gasteiger partial charge is 0.492 e. The Labute approximate surface area is 157 Å². The van der Waals surface area contributed by atoms with Gasteiger partial charge in [0.2, 0.25) is 0 Å². The van der Waals surface area contributed by atoms with Gasteiger partial charge >= 0.3 is 6.18 Å². The molecule has 0 aliphatic carbocycles. The number of nitrogens with zero attached hydrogens (tertiary/aromatic N) is 1. The van der Waals surface area contributed by atoms with Crippen molar-refractivity contribution >= 4 is 5.96 Å². The van der Waals surface area contributed by atoms with Gasteiger partial charge in [0.05, 0.1) is 24.8 Å². The predicted molar refractivity (Wildman–Crippen MR) is 96.1 cm³/mol. The lowest BCUT2D eigenvalue weighted by molar-refractivity contribution is -0.137. The molecule has 0 amide bonds. The zero-order chi connectivity index (χ0) is 19.5. The number of hydrogen-bond donors (Lipinski definition) is 2. The number of guanidine groups is 1. The summed E-state index contributed by atoms with van der Waals surface area (Å²) >= 11 is 0. The molecule has 0 radical (unpaired) electrons. The number of aliphatic imine (C=N–C) groups is 1. The standard InChI is InChI=1S/C18H26F3N3O3/c1-22-17(23-7-3-9-26-16-6-10-25-13-16)24-8-11-27-15-5-2-4-14(12-15)18(19,20)21/h2,4-5,12,16H,3,6-11,13H2,1H3,(H2,22,23,24). The van der Waals surface area contributed by atoms with E-state index < -0.39 is 11.7 Å². The van der Waals surface area contributed by atoms with Gasteiger partial charge in [0.15, 0.2) is 5.96 Å². The quantitative estimate of drug-likeness (QED) is 0.386. The van der Waals surface area contributed by atoms with Gasteiger partial charge in [-0.3, -0.25) is 4.99 Å². The van der Waals surface area contributed by atoms with Gasteiger partial charge in [0, 0.05) is 26.8 Å². The first-order chi connectivity index (χ1) is 13.0. The van der Waals surface area contributed by atoms with Crippen molar-refractivity contribution in [3.05, 3.63) is 29.8 Å². The average molecular weight is 389 g/mol. The zero-order valence-corrected chi connectivity index (χ0v) is 15.3. The number of alkyl halides is 3. The van der Waals surface area contributed by atoms with Crippen LogP contribution in [-0.4, -0.2) is 58.6 Å². The molecule has 1 heterocycles. The Morgan fingerprint density at radius 1 is 1.26 bits per heavy atom. The Morgan fingerprint density at radius 2 is 2.07 bits per heavy atom. The van der Waals surface area contributed by atoms with E-state index >= 15 is 0 Å². The topological polar surface area (TPSA) is 64.1 Å². The van der Waals surface area contributed by atoms with Gasteiger partial charge in [0.25, 0.3) is 0 Å². The smallest absolute Gasteiger partial charge is 0.416 e. The summed E-state index contributed by atoms with van der Waals surface area (Å²) in [4.78, 5) is 4.08. The molecule has 9 heteroatoms. The second-order valence-electron chi connectivity index (χ2n) is 6.01. The monoisotopic (exact) mass is 389 g/mol. The summed E-state index contributed by atoms with van der Waals surface area (Å²) in [5, 5.41) is 6.19. The normalized spacial score (nSPS) is 17.8. The minimum Gasteiger partial charge on any atom is -0.492 e. The van der Waals surface area contributed by atoms with E-state index in [1.807, 2.05) is 0 Å². The zero-order valence-electron chi connectivity index (χ0n) is 15.3. The van der Waals surface area contributed by atoms with Crippen molar-refractivity contribution in [1.29, 1.82) is 0 Å². The van der Waals surface area contributed by atoms with Crippen molar-refractivity contribution in [3.8, 4) is 5.75 Å². The predicted octanol–water partition coefficient (Wildman–Crippen LogP) is 2.44. The summed E-state index contributed by atoms with van der Waals surface area (Å²) in [6.07, 6.45) is -2.39. The Bertz CT molecular complexity index is 591. The molecule has 1 atom stereocenters. The second kappa shape index (κ2) is 11.0. The highest BCUT2D eigenvalue weighted by atomic mass is 19.4. The van der Waals surface area contributed by atoms with Crippen LogP contribution in [0.5, 0.6) is 5.75 Å². The van der Waals surface area contributed by atoms with Crippen molar-refractivity contribution in [1.82, 2.24) is 10.6 Å². The molecule has 27 heavy (non-hydrogen) atoms. The average Bonchev–Trinajstić information content (AvgIpc) is 3.16. The van der Waals surface area contributed by atoms with E-state index in [2.05, 4.69) is 15.6 Å². The molecule has 1 unspecified atom stereocenters. The maximum atomic E-state index is 12.7. The number of rotatable bonds is 9. The molecule has 1 aromatic rings. The van der Waals surface area contributed by atoms with Crippen molar-refractivity contribution in [2.24, 2.45) is 4.99 Å². The summed E-state index contributed by atoms with van der Waals surface area (Å²) in [5.74, 6) is 0.787. The third kappa shape index (κ3) is 8.04. The van der Waals surface area contributed by atoms with Crippen LogP contribution in [0.25, 0.3) is 0 Å². The van der Waals surface area contributed by atoms with Crippen LogP contribution in [-0.2, 0) is 15.7 Å². The molecule has 152 valence electrons. The Hall–Kier alpha value is -2.00. The molecule has 1 fully saturated rings. The molecule has 0 saturated carbocycles. The molecule has 1 aromatic carbocycles. The molecule has 2 N–H and O–H groups in total. The lowest BCUT2D eigenvalue weighted by Gasteiger charge is -2.14. The van der Waals surface area contributed by atoms with Gasteiger partial charge in [-0.15, -0.1) is 0 Å². The number of halogens is 3. The van der Waals surface area contributed by atoms with E-state index in [1.54, 1.807) is 7.05 Å². The first-order valence-electron chi connectivity index (χ1n) is 8.93. The fourth-order valence-electron chi connectivity index (χ4n) is 2.49. The fourth-order valence-corrected chi connectivity index (χ4v) is 2.49. The third-order valence-corrected chi connectivity index (χ3v) is 3.90. The van der Waals surface area contributed by atoms with Crippen LogP contribution in [0.4, 0.5) is 13.2 Å². The number of benzene rings is 1. The summed E-state index contributed by atoms with van der Waals surface area (Å²) in [6.45, 7) is 3.40. The van der Waals surface area contributed by atoms with Crippen LogP contribution in [0, 0.1) is 0 Å². The Kier molecular flexibility index (Phi) is 8.66. The number of ether oxygens (including phenoxy) is 3. The van der Waals surface area contributed by atoms with Gasteiger partial charge in [0.1, 0.15) is 12.4 Å². The first-order valence-corrected chi connectivity index (χ1v) is 8.93. The Balaban J connectivity index is 1.58. The number of nitrogens with one attached hydrogen (secondary N) is 2. The summed E-state index contributed by atoms with van der Waals surface area (Å²) in [7, 11) is 1.65. The van der Waals surface area contributed by atoms with Gasteiger partial charge in [-0.05, 0) is 31.0 Å². The number of hydrogen-bond acceptors (Lipinski definition) is 4. The van der Waals surface area contributed by atoms with E-state index in [1.165, 1.54) is 12.1 Å². The van der Waals surface area contributed by atoms with Crippen LogP contribution in [0.3, 0.4) is 0 Å². The van der Waals surface area contributed by atoms with E-state index in [4.69, 9.17) is 14.2 Å². The summed E-state index contributed by atoms with van der Waals surface area (Å²) in [6, 6.07) is 4.83. The van der Waals surface area contributed by atoms with Crippen LogP contribution >= 0.6 is 0 Å². The first kappa shape index (κ1) is 21.3. The lowest BCUT2D eigenvalue weighted by atomic mass is 10.2. The maximum Gasteiger partial charge on any atom is 0.416 e. The molecule has 1 aliphatic rings. The second-order valence-corrected chi connectivity index (χ2v) is 6.01. The van der Waals surface area contributed by atoms with E-state index in [9.17, 15) is 13.2 Å². The maximum absolute atomic E-state index is 12.7. The SMILES string of the molecule is CN=C(NCCCOC1CCOC1)NCCOc1cccc(C(F)(F)F)c1. The molecule has 1 saturated heterocycles. The molecule has 0 aromatic heterocycles. The van der Waals surface area contributed by atoms with Crippen molar-refractivity contribution in [2.45, 2.75) is 25.1 Å². The molecule has 0 bridgehead atoms. The van der Waals surface area contributed by atoms with E-state index in [0.29, 0.717) is 32.3 Å². The van der Waals surface area contributed by atoms with Crippen LogP contribution in [0.15, 0.2) is 29.3 Å². The van der Waals surface area contributed by atoms with Crippen molar-refractivity contribution in [3.63, 3.8) is 0 Å². The van der Waals surface area contributed by atoms with Gasteiger partial charge in [-0.1, -0.05) is 6.07 Å². The minimum atomic E-state index is -4.38. The van der Waals surface area contributed by atoms with Crippen molar-refractivity contribution < 1.29 is 27.4 Å². The lowest BCUT2D eigenvalue weighted by Crippen LogP contribution is -2.40. The highest BCUT2D eigenvalue weighted by Crippen LogP contribution is 2.31. The highest BCUT2D eigenvalue weighted by molar-refractivity contribution is 5.79. The molecule has 1 aliphatic heterocycles. The molecular weight excluding hydrogens is 363 g/mol. The molecule has 6 nitrogen and oxygen atoms in total. The molecule has 2 rings (SSSR count). The van der Waals surface area contributed by atoms with Gasteiger partial charge < -0.3 is 24.8 Å². The fraction of sp³-hybridized carbons (Fsp3) is 0.611. The summed E-state index contributed by atoms with van der Waals surface area (Å²) in [5.41, 5.74) is -0.725. The highest BCUT2D eigenvalue weighted by Gasteiger charge is 2.30. The third-order valence-electron chi connectivity index (χ3n) is 3.90. The van der Waals surface area contributed by atoms with Gasteiger partial charge in [-0.25, -0.2) is 0 Å². The van der Waals surface area contributed by atoms with Gasteiger partial charge in [-0.2, -0.15) is 13.2 Å². The molecular formula is C18H26F3N3O3. The Morgan fingerprint density at radius 3 is 2.78 bits per heavy atom. The van der Waals surface area contributed by atoms with Crippen molar-refractivity contribution in [2.75, 3.05) is 46.6 Å². The van der Waals surface area contributed by atoms with Crippen LogP contribution in [0.2, 0.25) is 0 Å². The minimum absolute atomic E-state index is 0.183. The van der Waals surface area contributed by atoms with Crippen LogP contribution in [0.1, 0.15) is 18.4 Å². The summed E-state index contributed by atoms with van der Waals surface area (Å²) < 4.78 is 54.3. The van der Waals surface area contributed by atoms with E-state index in [-0.39, 0.29) is 18.5 Å².